The van der Waals surface area contributed by atoms with Crippen LogP contribution in [0.5, 0.6) is 0 Å². The monoisotopic (exact) mass is 405 g/mol. The van der Waals surface area contributed by atoms with Crippen LogP contribution >= 0.6 is 11.8 Å². The van der Waals surface area contributed by atoms with Crippen molar-refractivity contribution in [2.75, 3.05) is 26.2 Å². The van der Waals surface area contributed by atoms with Crippen molar-refractivity contribution >= 4 is 29.3 Å². The molecule has 0 spiro atoms. The molecule has 0 unspecified atom stereocenters. The van der Waals surface area contributed by atoms with Gasteiger partial charge in [0.05, 0.1) is 10.2 Å². The van der Waals surface area contributed by atoms with Crippen molar-refractivity contribution in [2.24, 2.45) is 5.92 Å². The van der Waals surface area contributed by atoms with Crippen LogP contribution in [0.25, 0.3) is 0 Å². The summed E-state index contributed by atoms with van der Waals surface area (Å²) in [5.74, 6) is 0.368. The Labute approximate surface area is 169 Å². The van der Waals surface area contributed by atoms with Crippen molar-refractivity contribution in [3.63, 3.8) is 0 Å². The second kappa shape index (κ2) is 9.41. The molecule has 1 atom stereocenters. The molecule has 2 saturated heterocycles. The predicted octanol–water partition coefficient (Wildman–Crippen LogP) is 3.33. The van der Waals surface area contributed by atoms with Crippen molar-refractivity contribution in [3.8, 4) is 0 Å². The highest BCUT2D eigenvalue weighted by Gasteiger charge is 2.32. The molecule has 2 amide bonds. The molecule has 1 aromatic carbocycles. The standard InChI is InChI=1S/C20H27N3O4S/c1-15(28-18-7-5-17(6-8-18)23(26)27)19(24)22-13-9-16(10-14-22)20(25)21-11-3-2-4-12-21/h5-8,15-16H,2-4,9-14H2,1H3/t15-/m0/s1. The van der Waals surface area contributed by atoms with E-state index in [1.165, 1.54) is 30.3 Å². The zero-order chi connectivity index (χ0) is 20.1. The van der Waals surface area contributed by atoms with E-state index in [-0.39, 0.29) is 28.7 Å². The summed E-state index contributed by atoms with van der Waals surface area (Å²) in [4.78, 5) is 40.4. The number of piperidine rings is 2. The number of likely N-dealkylation sites (tertiary alicyclic amines) is 2. The number of hydrogen-bond acceptors (Lipinski definition) is 5. The Morgan fingerprint density at radius 3 is 2.21 bits per heavy atom. The summed E-state index contributed by atoms with van der Waals surface area (Å²) in [6.07, 6.45) is 4.87. The smallest absolute Gasteiger partial charge is 0.269 e. The van der Waals surface area contributed by atoms with Crippen LogP contribution in [0, 0.1) is 16.0 Å². The van der Waals surface area contributed by atoms with Crippen LogP contribution < -0.4 is 0 Å². The minimum absolute atomic E-state index is 0.0415. The Morgan fingerprint density at radius 2 is 1.64 bits per heavy atom. The number of nitro benzene ring substituents is 1. The molecule has 0 radical (unpaired) electrons. The molecule has 0 N–H and O–H groups in total. The van der Waals surface area contributed by atoms with E-state index in [1.807, 2.05) is 16.7 Å². The number of carbonyl (C=O) groups is 2. The molecular formula is C20H27N3O4S. The third-order valence-electron chi connectivity index (χ3n) is 5.53. The maximum absolute atomic E-state index is 12.8. The Bertz CT molecular complexity index is 711. The Morgan fingerprint density at radius 1 is 1.04 bits per heavy atom. The van der Waals surface area contributed by atoms with Crippen LogP contribution in [0.4, 0.5) is 5.69 Å². The third-order valence-corrected chi connectivity index (χ3v) is 6.63. The van der Waals surface area contributed by atoms with Gasteiger partial charge in [-0.3, -0.25) is 19.7 Å². The van der Waals surface area contributed by atoms with E-state index in [2.05, 4.69) is 0 Å². The highest BCUT2D eigenvalue weighted by Crippen LogP contribution is 2.28. The first-order valence-electron chi connectivity index (χ1n) is 9.94. The van der Waals surface area contributed by atoms with Gasteiger partial charge in [-0.05, 0) is 51.2 Å². The molecule has 152 valence electrons. The first kappa shape index (κ1) is 20.6. The summed E-state index contributed by atoms with van der Waals surface area (Å²) >= 11 is 1.41. The minimum Gasteiger partial charge on any atom is -0.342 e. The summed E-state index contributed by atoms with van der Waals surface area (Å²) < 4.78 is 0. The lowest BCUT2D eigenvalue weighted by Crippen LogP contribution is -2.47. The number of amides is 2. The van der Waals surface area contributed by atoms with Crippen LogP contribution in [0.3, 0.4) is 0 Å². The highest BCUT2D eigenvalue weighted by molar-refractivity contribution is 8.00. The summed E-state index contributed by atoms with van der Waals surface area (Å²) in [6.45, 7) is 4.85. The molecule has 2 aliphatic rings. The van der Waals surface area contributed by atoms with Gasteiger partial charge in [0.25, 0.3) is 5.69 Å². The summed E-state index contributed by atoms with van der Waals surface area (Å²) in [7, 11) is 0. The molecule has 8 heteroatoms. The Balaban J connectivity index is 1.48. The molecule has 0 aliphatic carbocycles. The lowest BCUT2D eigenvalue weighted by molar-refractivity contribution is -0.384. The maximum Gasteiger partial charge on any atom is 0.269 e. The van der Waals surface area contributed by atoms with E-state index in [9.17, 15) is 19.7 Å². The maximum atomic E-state index is 12.8. The van der Waals surface area contributed by atoms with Gasteiger partial charge in [0, 0.05) is 49.1 Å². The first-order chi connectivity index (χ1) is 13.5. The highest BCUT2D eigenvalue weighted by atomic mass is 32.2. The van der Waals surface area contributed by atoms with Gasteiger partial charge in [-0.25, -0.2) is 0 Å². The van der Waals surface area contributed by atoms with Crippen LogP contribution in [0.15, 0.2) is 29.2 Å². The number of rotatable bonds is 5. The topological polar surface area (TPSA) is 83.8 Å². The molecule has 1 aromatic rings. The number of non-ortho nitro benzene ring substituents is 1. The summed E-state index contributed by atoms with van der Waals surface area (Å²) in [5.41, 5.74) is 0.0452. The lowest BCUT2D eigenvalue weighted by atomic mass is 9.94. The average molecular weight is 406 g/mol. The predicted molar refractivity (Wildman–Crippen MR) is 108 cm³/mol. The van der Waals surface area contributed by atoms with Gasteiger partial charge in [0.15, 0.2) is 0 Å². The minimum atomic E-state index is -0.432. The normalized spacial score (nSPS) is 19.3. The first-order valence-corrected chi connectivity index (χ1v) is 10.8. The van der Waals surface area contributed by atoms with Gasteiger partial charge in [-0.1, -0.05) is 0 Å². The van der Waals surface area contributed by atoms with Gasteiger partial charge in [-0.15, -0.1) is 11.8 Å². The SMILES string of the molecule is C[C@H](Sc1ccc([N+](=O)[O-])cc1)C(=O)N1CCC(C(=O)N2CCCCC2)CC1. The fourth-order valence-corrected chi connectivity index (χ4v) is 4.83. The fraction of sp³-hybridized carbons (Fsp3) is 0.600. The molecular weight excluding hydrogens is 378 g/mol. The molecule has 2 fully saturated rings. The van der Waals surface area contributed by atoms with Gasteiger partial charge >= 0.3 is 0 Å². The zero-order valence-corrected chi connectivity index (χ0v) is 17.0. The van der Waals surface area contributed by atoms with Crippen molar-refractivity contribution in [3.05, 3.63) is 34.4 Å². The van der Waals surface area contributed by atoms with E-state index < -0.39 is 4.92 Å². The Hall–Kier alpha value is -2.09. The van der Waals surface area contributed by atoms with E-state index in [0.717, 1.165) is 43.7 Å². The van der Waals surface area contributed by atoms with Gasteiger partial charge in [0.2, 0.25) is 11.8 Å². The molecule has 28 heavy (non-hydrogen) atoms. The van der Waals surface area contributed by atoms with Crippen molar-refractivity contribution < 1.29 is 14.5 Å². The van der Waals surface area contributed by atoms with Gasteiger partial charge < -0.3 is 9.80 Å². The molecule has 0 aromatic heterocycles. The molecule has 2 aliphatic heterocycles. The van der Waals surface area contributed by atoms with Crippen LogP contribution in [0.1, 0.15) is 39.0 Å². The van der Waals surface area contributed by atoms with Gasteiger partial charge in [0.1, 0.15) is 0 Å². The fourth-order valence-electron chi connectivity index (χ4n) is 3.88. The lowest BCUT2D eigenvalue weighted by Gasteiger charge is -2.36. The van der Waals surface area contributed by atoms with Crippen LogP contribution in [0.2, 0.25) is 0 Å². The van der Waals surface area contributed by atoms with Crippen LogP contribution in [-0.2, 0) is 9.59 Å². The second-order valence-corrected chi connectivity index (χ2v) is 8.91. The Kier molecular flexibility index (Phi) is 6.93. The zero-order valence-electron chi connectivity index (χ0n) is 16.2. The van der Waals surface area contributed by atoms with Crippen LogP contribution in [-0.4, -0.2) is 58.0 Å². The third kappa shape index (κ3) is 5.04. The van der Waals surface area contributed by atoms with Crippen molar-refractivity contribution in [1.82, 2.24) is 9.80 Å². The summed E-state index contributed by atoms with van der Waals surface area (Å²) in [5, 5.41) is 10.5. The number of benzene rings is 1. The second-order valence-electron chi connectivity index (χ2n) is 7.50. The van der Waals surface area contributed by atoms with Crippen molar-refractivity contribution in [2.45, 2.75) is 49.2 Å². The van der Waals surface area contributed by atoms with E-state index >= 15 is 0 Å². The molecule has 0 saturated carbocycles. The number of nitrogens with zero attached hydrogens (tertiary/aromatic N) is 3. The van der Waals surface area contributed by atoms with Gasteiger partial charge in [-0.2, -0.15) is 0 Å². The largest absolute Gasteiger partial charge is 0.342 e. The number of carbonyl (C=O) groups excluding carboxylic acids is 2. The summed E-state index contributed by atoms with van der Waals surface area (Å²) in [6, 6.07) is 6.26. The number of nitro groups is 1. The molecule has 2 heterocycles. The molecule has 0 bridgehead atoms. The number of thioether (sulfide) groups is 1. The average Bonchev–Trinajstić information content (AvgIpc) is 2.73. The van der Waals surface area contributed by atoms with E-state index in [1.54, 1.807) is 12.1 Å². The number of hydrogen-bond donors (Lipinski definition) is 0. The van der Waals surface area contributed by atoms with E-state index in [0.29, 0.717) is 13.1 Å². The van der Waals surface area contributed by atoms with E-state index in [4.69, 9.17) is 0 Å². The quantitative estimate of drug-likeness (QED) is 0.426. The molecule has 7 nitrogen and oxygen atoms in total. The molecule has 3 rings (SSSR count). The van der Waals surface area contributed by atoms with Crippen molar-refractivity contribution in [1.29, 1.82) is 0 Å².